The van der Waals surface area contributed by atoms with Gasteiger partial charge in [0.1, 0.15) is 5.82 Å². The first-order valence-corrected chi connectivity index (χ1v) is 6.77. The molecule has 0 radical (unpaired) electrons. The number of benzene rings is 1. The van der Waals surface area contributed by atoms with Gasteiger partial charge in [-0.3, -0.25) is 4.98 Å². The molecule has 1 heterocycles. The highest BCUT2D eigenvalue weighted by Crippen LogP contribution is 2.20. The molecule has 4 nitrogen and oxygen atoms in total. The lowest BCUT2D eigenvalue weighted by Gasteiger charge is -2.19. The van der Waals surface area contributed by atoms with Crippen LogP contribution in [0.2, 0.25) is 5.02 Å². The van der Waals surface area contributed by atoms with Crippen LogP contribution in [-0.2, 0) is 13.1 Å². The molecule has 0 aliphatic carbocycles. The highest BCUT2D eigenvalue weighted by molar-refractivity contribution is 6.31. The van der Waals surface area contributed by atoms with Gasteiger partial charge in [-0.25, -0.2) is 9.18 Å². The van der Waals surface area contributed by atoms with Gasteiger partial charge in [0, 0.05) is 23.8 Å². The Morgan fingerprint density at radius 2 is 2.14 bits per heavy atom. The summed E-state index contributed by atoms with van der Waals surface area (Å²) in [6.45, 7) is 0.411. The smallest absolute Gasteiger partial charge is 0.317 e. The lowest BCUT2D eigenvalue weighted by Crippen LogP contribution is -2.36. The van der Waals surface area contributed by atoms with Crippen molar-refractivity contribution in [2.24, 2.45) is 0 Å². The summed E-state index contributed by atoms with van der Waals surface area (Å²) in [4.78, 5) is 17.4. The minimum Gasteiger partial charge on any atom is -0.332 e. The molecule has 0 fully saturated rings. The van der Waals surface area contributed by atoms with Crippen molar-refractivity contribution in [3.8, 4) is 0 Å². The van der Waals surface area contributed by atoms with Crippen LogP contribution >= 0.6 is 11.6 Å². The van der Waals surface area contributed by atoms with Crippen molar-refractivity contribution in [2.75, 3.05) is 7.05 Å². The molecule has 0 aliphatic rings. The Morgan fingerprint density at radius 3 is 2.81 bits per heavy atom. The first-order chi connectivity index (χ1) is 10.1. The van der Waals surface area contributed by atoms with Crippen LogP contribution in [0.15, 0.2) is 42.6 Å². The van der Waals surface area contributed by atoms with Gasteiger partial charge in [0.05, 0.1) is 18.8 Å². The number of rotatable bonds is 4. The average Bonchev–Trinajstić information content (AvgIpc) is 2.49. The van der Waals surface area contributed by atoms with Crippen LogP contribution in [0.4, 0.5) is 9.18 Å². The zero-order chi connectivity index (χ0) is 15.2. The van der Waals surface area contributed by atoms with Crippen molar-refractivity contribution in [1.82, 2.24) is 15.2 Å². The third-order valence-corrected chi connectivity index (χ3v) is 3.30. The number of amides is 2. The predicted octanol–water partition coefficient (Wildman–Crippen LogP) is 3.22. The number of carbonyl (C=O) groups is 1. The van der Waals surface area contributed by atoms with E-state index in [4.69, 9.17) is 11.6 Å². The quantitative estimate of drug-likeness (QED) is 0.942. The number of urea groups is 1. The summed E-state index contributed by atoms with van der Waals surface area (Å²) in [5.74, 6) is -0.424. The molecule has 0 saturated heterocycles. The highest BCUT2D eigenvalue weighted by Gasteiger charge is 2.14. The van der Waals surface area contributed by atoms with Gasteiger partial charge in [-0.05, 0) is 24.3 Å². The molecule has 2 amide bonds. The van der Waals surface area contributed by atoms with E-state index in [1.54, 1.807) is 25.4 Å². The summed E-state index contributed by atoms with van der Waals surface area (Å²) in [7, 11) is 1.58. The number of pyridine rings is 1. The Kier molecular flexibility index (Phi) is 5.11. The SMILES string of the molecule is CN(Cc1c(F)cccc1Cl)C(=O)NCc1ccccn1. The number of halogens is 2. The van der Waals surface area contributed by atoms with Gasteiger partial charge in [-0.2, -0.15) is 0 Å². The van der Waals surface area contributed by atoms with Gasteiger partial charge in [0.15, 0.2) is 0 Å². The maximum atomic E-state index is 13.7. The molecule has 1 N–H and O–H groups in total. The van der Waals surface area contributed by atoms with Crippen molar-refractivity contribution >= 4 is 17.6 Å². The monoisotopic (exact) mass is 307 g/mol. The minimum absolute atomic E-state index is 0.0968. The average molecular weight is 308 g/mol. The van der Waals surface area contributed by atoms with Crippen LogP contribution in [0.1, 0.15) is 11.3 Å². The van der Waals surface area contributed by atoms with E-state index < -0.39 is 5.82 Å². The van der Waals surface area contributed by atoms with E-state index in [1.807, 2.05) is 12.1 Å². The molecule has 0 aliphatic heterocycles. The van der Waals surface area contributed by atoms with Crippen molar-refractivity contribution in [2.45, 2.75) is 13.1 Å². The lowest BCUT2D eigenvalue weighted by atomic mass is 10.2. The molecule has 0 atom stereocenters. The molecule has 0 saturated carbocycles. The maximum absolute atomic E-state index is 13.7. The lowest BCUT2D eigenvalue weighted by molar-refractivity contribution is 0.206. The fourth-order valence-electron chi connectivity index (χ4n) is 1.80. The number of nitrogens with one attached hydrogen (secondary N) is 1. The summed E-state index contributed by atoms with van der Waals surface area (Å²) in [6.07, 6.45) is 1.66. The standard InChI is InChI=1S/C15H15ClFN3O/c1-20(10-12-13(16)6-4-7-14(12)17)15(21)19-9-11-5-2-3-8-18-11/h2-8H,9-10H2,1H3,(H,19,21). The molecule has 110 valence electrons. The van der Waals surface area contributed by atoms with Gasteiger partial charge >= 0.3 is 6.03 Å². The highest BCUT2D eigenvalue weighted by atomic mass is 35.5. The van der Waals surface area contributed by atoms with Crippen molar-refractivity contribution in [1.29, 1.82) is 0 Å². The molecule has 21 heavy (non-hydrogen) atoms. The van der Waals surface area contributed by atoms with Gasteiger partial charge in [-0.1, -0.05) is 23.7 Å². The second-order valence-electron chi connectivity index (χ2n) is 4.54. The maximum Gasteiger partial charge on any atom is 0.317 e. The molecule has 0 bridgehead atoms. The minimum atomic E-state index is -0.424. The van der Waals surface area contributed by atoms with E-state index in [2.05, 4.69) is 10.3 Å². The summed E-state index contributed by atoms with van der Waals surface area (Å²) in [5.41, 5.74) is 1.05. The van der Waals surface area contributed by atoms with Crippen LogP contribution in [-0.4, -0.2) is 23.0 Å². The second-order valence-corrected chi connectivity index (χ2v) is 4.94. The molecular formula is C15H15ClFN3O. The fraction of sp³-hybridized carbons (Fsp3) is 0.200. The summed E-state index contributed by atoms with van der Waals surface area (Å²) < 4.78 is 13.7. The third kappa shape index (κ3) is 4.16. The molecule has 2 rings (SSSR count). The summed E-state index contributed by atoms with van der Waals surface area (Å²) in [5, 5.41) is 3.02. The Balaban J connectivity index is 1.94. The molecule has 0 unspecified atom stereocenters. The van der Waals surface area contributed by atoms with Crippen LogP contribution in [0.3, 0.4) is 0 Å². The Bertz CT molecular complexity index is 601. The largest absolute Gasteiger partial charge is 0.332 e. The Labute approximate surface area is 127 Å². The topological polar surface area (TPSA) is 45.2 Å². The molecule has 1 aromatic carbocycles. The molecule has 0 spiro atoms. The zero-order valence-corrected chi connectivity index (χ0v) is 12.3. The van der Waals surface area contributed by atoms with Gasteiger partial charge < -0.3 is 10.2 Å². The van der Waals surface area contributed by atoms with Gasteiger partial charge in [0.2, 0.25) is 0 Å². The Hall–Kier alpha value is -2.14. The second kappa shape index (κ2) is 7.04. The number of hydrogen-bond acceptors (Lipinski definition) is 2. The van der Waals surface area contributed by atoms with E-state index in [0.717, 1.165) is 5.69 Å². The molecule has 6 heteroatoms. The summed E-state index contributed by atoms with van der Waals surface area (Å²) in [6, 6.07) is 9.59. The van der Waals surface area contributed by atoms with E-state index in [1.165, 1.54) is 17.0 Å². The van der Waals surface area contributed by atoms with Crippen LogP contribution in [0.5, 0.6) is 0 Å². The van der Waals surface area contributed by atoms with Crippen molar-refractivity contribution < 1.29 is 9.18 Å². The molecule has 2 aromatic rings. The van der Waals surface area contributed by atoms with E-state index in [-0.39, 0.29) is 12.6 Å². The number of hydrogen-bond donors (Lipinski definition) is 1. The normalized spacial score (nSPS) is 10.2. The number of aromatic nitrogens is 1. The van der Waals surface area contributed by atoms with Crippen molar-refractivity contribution in [3.63, 3.8) is 0 Å². The first kappa shape index (κ1) is 15.3. The number of carbonyl (C=O) groups excluding carboxylic acids is 1. The van der Waals surface area contributed by atoms with Gasteiger partial charge in [0.25, 0.3) is 0 Å². The molecular weight excluding hydrogens is 293 g/mol. The van der Waals surface area contributed by atoms with Crippen molar-refractivity contribution in [3.05, 3.63) is 64.7 Å². The van der Waals surface area contributed by atoms with E-state index in [0.29, 0.717) is 17.1 Å². The fourth-order valence-corrected chi connectivity index (χ4v) is 2.02. The van der Waals surface area contributed by atoms with E-state index in [9.17, 15) is 9.18 Å². The Morgan fingerprint density at radius 1 is 1.33 bits per heavy atom. The van der Waals surface area contributed by atoms with Crippen LogP contribution in [0.25, 0.3) is 0 Å². The van der Waals surface area contributed by atoms with E-state index >= 15 is 0 Å². The zero-order valence-electron chi connectivity index (χ0n) is 11.5. The number of nitrogens with zero attached hydrogens (tertiary/aromatic N) is 2. The summed E-state index contributed by atoms with van der Waals surface area (Å²) >= 11 is 5.94. The van der Waals surface area contributed by atoms with Gasteiger partial charge in [-0.15, -0.1) is 0 Å². The predicted molar refractivity (Wildman–Crippen MR) is 79.3 cm³/mol. The third-order valence-electron chi connectivity index (χ3n) is 2.95. The van der Waals surface area contributed by atoms with Crippen LogP contribution < -0.4 is 5.32 Å². The first-order valence-electron chi connectivity index (χ1n) is 6.39. The van der Waals surface area contributed by atoms with Crippen LogP contribution in [0, 0.1) is 5.82 Å². The molecule has 1 aromatic heterocycles.